The third-order valence-corrected chi connectivity index (χ3v) is 7.21. The second-order valence-electron chi connectivity index (χ2n) is 8.00. The molecule has 1 aliphatic heterocycles. The number of nitrogens with zero attached hydrogens (tertiary/aromatic N) is 2. The van der Waals surface area contributed by atoms with Crippen LogP contribution in [-0.2, 0) is 0 Å². The van der Waals surface area contributed by atoms with Gasteiger partial charge in [0.1, 0.15) is 0 Å². The highest BCUT2D eigenvalue weighted by Gasteiger charge is 2.36. The smallest absolute Gasteiger partial charge is 0.409 e. The molecule has 2 heterocycles. The van der Waals surface area contributed by atoms with Crippen LogP contribution in [0.15, 0.2) is 18.2 Å². The second kappa shape index (κ2) is 8.57. The Balaban J connectivity index is 0.000000400. The molecule has 2 saturated carbocycles. The van der Waals surface area contributed by atoms with Gasteiger partial charge < -0.3 is 10.0 Å². The quantitative estimate of drug-likeness (QED) is 0.711. The summed E-state index contributed by atoms with van der Waals surface area (Å²) in [6.45, 7) is 2.53. The van der Waals surface area contributed by atoms with Crippen molar-refractivity contribution >= 4 is 33.3 Å². The maximum Gasteiger partial charge on any atom is 0.409 e. The van der Waals surface area contributed by atoms with Crippen molar-refractivity contribution in [2.24, 2.45) is 0 Å². The van der Waals surface area contributed by atoms with Gasteiger partial charge in [0.2, 0.25) is 0 Å². The van der Waals surface area contributed by atoms with Gasteiger partial charge in [0.25, 0.3) is 0 Å². The van der Waals surface area contributed by atoms with Gasteiger partial charge in [0.15, 0.2) is 0 Å². The first kappa shape index (κ1) is 18.7. The molecule has 1 saturated heterocycles. The average molecular weight is 388 g/mol. The maximum atomic E-state index is 10.7. The summed E-state index contributed by atoms with van der Waals surface area (Å²) < 4.78 is 1.06. The fourth-order valence-corrected chi connectivity index (χ4v) is 5.07. The van der Waals surface area contributed by atoms with E-state index >= 15 is 0 Å². The number of piperidine rings is 1. The molecule has 0 spiro atoms. The Hall–Kier alpha value is -1.66. The van der Waals surface area contributed by atoms with E-state index in [-0.39, 0.29) is 0 Å². The first-order valence-corrected chi connectivity index (χ1v) is 11.2. The minimum Gasteiger partial charge on any atom is -0.465 e. The maximum absolute atomic E-state index is 10.7. The molecular weight excluding hydrogens is 358 g/mol. The number of amides is 1. The predicted molar refractivity (Wildman–Crippen MR) is 111 cm³/mol. The van der Waals surface area contributed by atoms with E-state index in [0.29, 0.717) is 11.6 Å². The molecule has 5 rings (SSSR count). The van der Waals surface area contributed by atoms with Crippen LogP contribution in [0.2, 0.25) is 0 Å². The number of hydrogen-bond acceptors (Lipinski definition) is 4. The molecule has 0 radical (unpaired) electrons. The Labute approximate surface area is 164 Å². The van der Waals surface area contributed by atoms with Crippen molar-refractivity contribution in [1.82, 2.24) is 9.88 Å². The molecule has 3 aliphatic rings. The van der Waals surface area contributed by atoms with E-state index in [4.69, 9.17) is 10.1 Å². The highest BCUT2D eigenvalue weighted by atomic mass is 32.1. The van der Waals surface area contributed by atoms with E-state index in [1.54, 1.807) is 17.4 Å². The standard InChI is InChI=1S/C17H21N3O2S.C4H8/c21-17(22)18-12-4-5-14-15(10-12)23-16(19-14)11-8-13(9-11)20-6-2-1-3-7-20;1-2-4-3-1/h4-5,10-11,13,18H,1-3,6-9H2,(H,21,22);1-4H2/t11-,13+;. The number of likely N-dealkylation sites (tertiary alicyclic amines) is 1. The highest BCUT2D eigenvalue weighted by molar-refractivity contribution is 7.18. The van der Waals surface area contributed by atoms with Crippen molar-refractivity contribution in [3.05, 3.63) is 23.2 Å². The van der Waals surface area contributed by atoms with Crippen LogP contribution in [0.25, 0.3) is 10.2 Å². The van der Waals surface area contributed by atoms with Crippen molar-refractivity contribution in [2.75, 3.05) is 18.4 Å². The molecule has 0 atom stereocenters. The lowest BCUT2D eigenvalue weighted by atomic mass is 9.79. The zero-order valence-electron chi connectivity index (χ0n) is 15.8. The van der Waals surface area contributed by atoms with E-state index in [1.165, 1.54) is 75.9 Å². The van der Waals surface area contributed by atoms with Crippen LogP contribution in [0.4, 0.5) is 10.5 Å². The highest BCUT2D eigenvalue weighted by Crippen LogP contribution is 2.43. The van der Waals surface area contributed by atoms with E-state index in [1.807, 2.05) is 12.1 Å². The minimum atomic E-state index is -1.03. The average Bonchev–Trinajstić information content (AvgIpc) is 2.95. The van der Waals surface area contributed by atoms with Gasteiger partial charge in [-0.15, -0.1) is 11.3 Å². The number of anilines is 1. The Kier molecular flexibility index (Phi) is 5.93. The lowest BCUT2D eigenvalue weighted by Crippen LogP contribution is -2.46. The first-order chi connectivity index (χ1) is 13.2. The van der Waals surface area contributed by atoms with Gasteiger partial charge in [-0.05, 0) is 57.0 Å². The van der Waals surface area contributed by atoms with Gasteiger partial charge in [0, 0.05) is 17.6 Å². The van der Waals surface area contributed by atoms with Gasteiger partial charge in [-0.25, -0.2) is 9.78 Å². The zero-order valence-corrected chi connectivity index (χ0v) is 16.6. The molecular formula is C21H29N3O2S. The number of carbonyl (C=O) groups is 1. The Morgan fingerprint density at radius 2 is 1.74 bits per heavy atom. The summed E-state index contributed by atoms with van der Waals surface area (Å²) in [4.78, 5) is 18.1. The number of thiazole rings is 1. The lowest BCUT2D eigenvalue weighted by Gasteiger charge is -2.43. The predicted octanol–water partition coefficient (Wildman–Crippen LogP) is 5.68. The summed E-state index contributed by atoms with van der Waals surface area (Å²) in [7, 11) is 0. The van der Waals surface area contributed by atoms with Crippen LogP contribution in [0.5, 0.6) is 0 Å². The number of nitrogens with one attached hydrogen (secondary N) is 1. The largest absolute Gasteiger partial charge is 0.465 e. The third-order valence-electron chi connectivity index (χ3n) is 6.03. The molecule has 1 aromatic carbocycles. The van der Waals surface area contributed by atoms with Crippen LogP contribution >= 0.6 is 11.3 Å². The van der Waals surface area contributed by atoms with Crippen molar-refractivity contribution < 1.29 is 9.90 Å². The SMILES string of the molecule is C1CCC1.O=C(O)Nc1ccc2nc([C@H]3C[C@@H](N4CCCCC4)C3)sc2c1. The third kappa shape index (κ3) is 4.61. The summed E-state index contributed by atoms with van der Waals surface area (Å²) in [6.07, 6.45) is 11.5. The van der Waals surface area contributed by atoms with Crippen molar-refractivity contribution in [1.29, 1.82) is 0 Å². The molecule has 6 heteroatoms. The topological polar surface area (TPSA) is 65.5 Å². The van der Waals surface area contributed by atoms with Crippen LogP contribution in [0.3, 0.4) is 0 Å². The Morgan fingerprint density at radius 1 is 1.07 bits per heavy atom. The molecule has 2 aromatic rings. The fraction of sp³-hybridized carbons (Fsp3) is 0.619. The molecule has 27 heavy (non-hydrogen) atoms. The van der Waals surface area contributed by atoms with Crippen LogP contribution in [0.1, 0.15) is 68.7 Å². The molecule has 2 aliphatic carbocycles. The molecule has 3 fully saturated rings. The van der Waals surface area contributed by atoms with Crippen LogP contribution in [-0.4, -0.2) is 40.2 Å². The molecule has 5 nitrogen and oxygen atoms in total. The number of hydrogen-bond donors (Lipinski definition) is 2. The number of carboxylic acid groups (broad SMARTS) is 1. The van der Waals surface area contributed by atoms with E-state index in [2.05, 4.69) is 10.2 Å². The van der Waals surface area contributed by atoms with E-state index in [9.17, 15) is 4.79 Å². The summed E-state index contributed by atoms with van der Waals surface area (Å²) in [5, 5.41) is 12.4. The summed E-state index contributed by atoms with van der Waals surface area (Å²) in [6, 6.07) is 6.31. The van der Waals surface area contributed by atoms with Gasteiger partial charge in [-0.2, -0.15) is 0 Å². The number of rotatable bonds is 3. The molecule has 146 valence electrons. The van der Waals surface area contributed by atoms with E-state index < -0.39 is 6.09 Å². The van der Waals surface area contributed by atoms with Crippen molar-refractivity contribution in [3.63, 3.8) is 0 Å². The Morgan fingerprint density at radius 3 is 2.37 bits per heavy atom. The summed E-state index contributed by atoms with van der Waals surface area (Å²) >= 11 is 1.71. The minimum absolute atomic E-state index is 0.579. The number of aromatic nitrogens is 1. The monoisotopic (exact) mass is 387 g/mol. The van der Waals surface area contributed by atoms with Crippen molar-refractivity contribution in [3.8, 4) is 0 Å². The molecule has 2 N–H and O–H groups in total. The van der Waals surface area contributed by atoms with Crippen LogP contribution in [0, 0.1) is 0 Å². The number of benzene rings is 1. The van der Waals surface area contributed by atoms with Gasteiger partial charge in [-0.3, -0.25) is 5.32 Å². The Bertz CT molecular complexity index is 771. The normalized spacial score (nSPS) is 25.0. The van der Waals surface area contributed by atoms with Gasteiger partial charge >= 0.3 is 6.09 Å². The van der Waals surface area contributed by atoms with Gasteiger partial charge in [-0.1, -0.05) is 32.1 Å². The summed E-state index contributed by atoms with van der Waals surface area (Å²) in [5.74, 6) is 0.579. The fourth-order valence-electron chi connectivity index (χ4n) is 3.94. The first-order valence-electron chi connectivity index (χ1n) is 10.3. The van der Waals surface area contributed by atoms with Crippen LogP contribution < -0.4 is 5.32 Å². The van der Waals surface area contributed by atoms with Gasteiger partial charge in [0.05, 0.1) is 15.2 Å². The van der Waals surface area contributed by atoms with E-state index in [0.717, 1.165) is 16.3 Å². The molecule has 0 bridgehead atoms. The lowest BCUT2D eigenvalue weighted by molar-refractivity contribution is 0.0888. The molecule has 1 aromatic heterocycles. The molecule has 0 unspecified atom stereocenters. The van der Waals surface area contributed by atoms with Crippen molar-refractivity contribution in [2.45, 2.75) is 69.7 Å². The molecule has 1 amide bonds. The second-order valence-corrected chi connectivity index (χ2v) is 9.06. The number of fused-ring (bicyclic) bond motifs is 1. The zero-order chi connectivity index (χ0) is 18.6. The summed E-state index contributed by atoms with van der Waals surface area (Å²) in [5.41, 5.74) is 1.59.